The zero-order chi connectivity index (χ0) is 13.9. The Hall–Kier alpha value is -0.340. The molecule has 0 aliphatic rings. The Bertz CT molecular complexity index is 455. The van der Waals surface area contributed by atoms with Gasteiger partial charge in [0, 0.05) is 9.40 Å². The van der Waals surface area contributed by atoms with Gasteiger partial charge in [-0.25, -0.2) is 0 Å². The quantitative estimate of drug-likeness (QED) is 0.297. The third kappa shape index (κ3) is 3.36. The summed E-state index contributed by atoms with van der Waals surface area (Å²) in [5.41, 5.74) is 0.700. The Kier molecular flexibility index (Phi) is 5.87. The molecule has 2 atom stereocenters. The van der Waals surface area contributed by atoms with E-state index in [9.17, 15) is 10.1 Å². The number of methoxy groups -OCH3 is 2. The average molecular weight is 448 g/mol. The number of nitro groups is 1. The molecule has 0 aliphatic carbocycles. The Labute approximate surface area is 129 Å². The van der Waals surface area contributed by atoms with Gasteiger partial charge >= 0.3 is 0 Å². The normalized spacial score (nSPS) is 13.8. The van der Waals surface area contributed by atoms with Gasteiger partial charge in [-0.3, -0.25) is 10.1 Å². The van der Waals surface area contributed by atoms with Crippen LogP contribution in [0, 0.1) is 10.1 Å². The molecule has 0 N–H and O–H groups in total. The van der Waals surface area contributed by atoms with Crippen LogP contribution in [0.4, 0.5) is 0 Å². The predicted molar refractivity (Wildman–Crippen MR) is 78.6 cm³/mol. The molecular formula is C10H10Br3NO4. The van der Waals surface area contributed by atoms with E-state index in [4.69, 9.17) is 9.47 Å². The second-order valence-corrected chi connectivity index (χ2v) is 6.07. The number of nitrogens with zero attached hydrogens (tertiary/aromatic N) is 1. The van der Waals surface area contributed by atoms with Crippen LogP contribution in [-0.2, 0) is 0 Å². The van der Waals surface area contributed by atoms with Crippen LogP contribution in [0.3, 0.4) is 0 Å². The molecule has 8 heteroatoms. The zero-order valence-electron chi connectivity index (χ0n) is 9.52. The molecule has 1 aromatic carbocycles. The molecule has 0 bridgehead atoms. The van der Waals surface area contributed by atoms with E-state index in [1.807, 2.05) is 0 Å². The first-order valence-corrected chi connectivity index (χ1v) is 7.37. The molecule has 0 saturated carbocycles. The fourth-order valence-electron chi connectivity index (χ4n) is 1.34. The van der Waals surface area contributed by atoms with Crippen LogP contribution >= 0.6 is 47.8 Å². The molecule has 0 radical (unpaired) electrons. The smallest absolute Gasteiger partial charge is 0.282 e. The minimum absolute atomic E-state index is 0.414. The highest BCUT2D eigenvalue weighted by atomic mass is 79.9. The van der Waals surface area contributed by atoms with Gasteiger partial charge in [0.2, 0.25) is 0 Å². The summed E-state index contributed by atoms with van der Waals surface area (Å²) in [7, 11) is 3.04. The summed E-state index contributed by atoms with van der Waals surface area (Å²) in [6.45, 7) is 0. The molecule has 0 fully saturated rings. The highest BCUT2D eigenvalue weighted by molar-refractivity contribution is 9.12. The number of benzene rings is 1. The molecular weight excluding hydrogens is 438 g/mol. The Morgan fingerprint density at radius 2 is 1.72 bits per heavy atom. The van der Waals surface area contributed by atoms with Gasteiger partial charge in [-0.2, -0.15) is 0 Å². The van der Waals surface area contributed by atoms with E-state index in [1.54, 1.807) is 12.1 Å². The molecule has 5 nitrogen and oxygen atoms in total. The van der Waals surface area contributed by atoms with E-state index in [0.29, 0.717) is 21.5 Å². The van der Waals surface area contributed by atoms with E-state index in [0.717, 1.165) is 0 Å². The predicted octanol–water partition coefficient (Wildman–Crippen LogP) is 3.90. The SMILES string of the molecule is COc1cc(Br)c(C(Br)C(Br)[N+](=O)[O-])cc1OC. The van der Waals surface area contributed by atoms with Crippen molar-refractivity contribution in [2.75, 3.05) is 14.2 Å². The van der Waals surface area contributed by atoms with E-state index < -0.39 is 14.7 Å². The third-order valence-electron chi connectivity index (χ3n) is 2.24. The van der Waals surface area contributed by atoms with Gasteiger partial charge in [0.15, 0.2) is 11.5 Å². The monoisotopic (exact) mass is 445 g/mol. The van der Waals surface area contributed by atoms with Crippen molar-refractivity contribution in [3.8, 4) is 11.5 Å². The summed E-state index contributed by atoms with van der Waals surface area (Å²) in [5.74, 6) is 1.07. The second kappa shape index (κ2) is 6.72. The van der Waals surface area contributed by atoms with Gasteiger partial charge in [0.05, 0.1) is 14.2 Å². The minimum Gasteiger partial charge on any atom is -0.493 e. The highest BCUT2D eigenvalue weighted by Crippen LogP contribution is 2.41. The molecule has 1 aromatic rings. The van der Waals surface area contributed by atoms with Crippen molar-refractivity contribution in [3.63, 3.8) is 0 Å². The number of halogens is 3. The lowest BCUT2D eigenvalue weighted by Crippen LogP contribution is -2.17. The molecule has 0 aliphatic heterocycles. The van der Waals surface area contributed by atoms with Crippen LogP contribution in [0.15, 0.2) is 16.6 Å². The van der Waals surface area contributed by atoms with Crippen molar-refractivity contribution in [2.24, 2.45) is 0 Å². The second-order valence-electron chi connectivity index (χ2n) is 3.29. The number of hydrogen-bond acceptors (Lipinski definition) is 4. The third-order valence-corrected chi connectivity index (χ3v) is 5.50. The van der Waals surface area contributed by atoms with Crippen molar-refractivity contribution in [1.82, 2.24) is 0 Å². The van der Waals surface area contributed by atoms with Gasteiger partial charge in [-0.1, -0.05) is 31.9 Å². The molecule has 18 heavy (non-hydrogen) atoms. The van der Waals surface area contributed by atoms with Crippen LogP contribution in [0.5, 0.6) is 11.5 Å². The molecule has 0 amide bonds. The minimum atomic E-state index is -0.938. The lowest BCUT2D eigenvalue weighted by Gasteiger charge is -2.16. The van der Waals surface area contributed by atoms with Crippen molar-refractivity contribution < 1.29 is 14.4 Å². The summed E-state index contributed by atoms with van der Waals surface area (Å²) in [6, 6.07) is 3.40. The summed E-state index contributed by atoms with van der Waals surface area (Å²) < 4.78 is 11.0. The first-order chi connectivity index (χ1) is 8.42. The number of hydrogen-bond donors (Lipinski definition) is 0. The van der Waals surface area contributed by atoms with Crippen molar-refractivity contribution in [2.45, 2.75) is 9.78 Å². The Balaban J connectivity index is 3.20. The maximum Gasteiger partial charge on any atom is 0.282 e. The maximum absolute atomic E-state index is 10.8. The van der Waals surface area contributed by atoms with Gasteiger partial charge in [-0.05, 0) is 33.6 Å². The van der Waals surface area contributed by atoms with Crippen LogP contribution in [0.1, 0.15) is 10.4 Å². The lowest BCUT2D eigenvalue weighted by atomic mass is 10.1. The molecule has 2 unspecified atom stereocenters. The highest BCUT2D eigenvalue weighted by Gasteiger charge is 2.30. The summed E-state index contributed by atoms with van der Waals surface area (Å²) >= 11 is 9.68. The van der Waals surface area contributed by atoms with E-state index in [1.165, 1.54) is 14.2 Å². The topological polar surface area (TPSA) is 61.6 Å². The molecule has 100 valence electrons. The Morgan fingerprint density at radius 3 is 2.17 bits per heavy atom. The first kappa shape index (κ1) is 15.7. The number of rotatable bonds is 5. The summed E-state index contributed by atoms with van der Waals surface area (Å²) in [5, 5.41) is 10.8. The fourth-order valence-corrected chi connectivity index (χ4v) is 3.07. The van der Waals surface area contributed by atoms with Gasteiger partial charge in [0.1, 0.15) is 4.83 Å². The fraction of sp³-hybridized carbons (Fsp3) is 0.400. The summed E-state index contributed by atoms with van der Waals surface area (Å²) in [4.78, 5) is 8.91. The van der Waals surface area contributed by atoms with Crippen molar-refractivity contribution in [1.29, 1.82) is 0 Å². The van der Waals surface area contributed by atoms with Crippen LogP contribution in [0.2, 0.25) is 0 Å². The van der Waals surface area contributed by atoms with Crippen molar-refractivity contribution >= 4 is 47.8 Å². The van der Waals surface area contributed by atoms with Crippen LogP contribution < -0.4 is 9.47 Å². The van der Waals surface area contributed by atoms with E-state index in [2.05, 4.69) is 47.8 Å². The standard InChI is InChI=1S/C10H10Br3NO4/c1-17-7-3-5(6(11)4-8(7)18-2)9(12)10(13)14(15)16/h3-4,9-10H,1-2H3. The van der Waals surface area contributed by atoms with Crippen molar-refractivity contribution in [3.05, 3.63) is 32.3 Å². The molecule has 0 saturated heterocycles. The Morgan fingerprint density at radius 1 is 1.22 bits per heavy atom. The number of alkyl halides is 2. The van der Waals surface area contributed by atoms with Gasteiger partial charge in [0.25, 0.3) is 4.95 Å². The van der Waals surface area contributed by atoms with Gasteiger partial charge in [-0.15, -0.1) is 0 Å². The van der Waals surface area contributed by atoms with Gasteiger partial charge < -0.3 is 9.47 Å². The maximum atomic E-state index is 10.8. The first-order valence-electron chi connectivity index (χ1n) is 4.75. The average Bonchev–Trinajstić information content (AvgIpc) is 2.36. The largest absolute Gasteiger partial charge is 0.493 e. The summed E-state index contributed by atoms with van der Waals surface area (Å²) in [6.07, 6.45) is 0. The molecule has 1 rings (SSSR count). The van der Waals surface area contributed by atoms with Crippen LogP contribution in [-0.4, -0.2) is 24.1 Å². The molecule has 0 aromatic heterocycles. The van der Waals surface area contributed by atoms with Crippen LogP contribution in [0.25, 0.3) is 0 Å². The number of ether oxygens (including phenoxy) is 2. The lowest BCUT2D eigenvalue weighted by molar-refractivity contribution is -0.492. The zero-order valence-corrected chi connectivity index (χ0v) is 14.3. The van der Waals surface area contributed by atoms with E-state index in [-0.39, 0.29) is 0 Å². The molecule has 0 spiro atoms. The molecule has 0 heterocycles. The van der Waals surface area contributed by atoms with E-state index >= 15 is 0 Å².